The number of aliphatic hydroxyl groups is 1. The molecule has 27 heavy (non-hydrogen) atoms. The van der Waals surface area contributed by atoms with E-state index in [0.29, 0.717) is 5.69 Å². The van der Waals surface area contributed by atoms with Gasteiger partial charge in [-0.2, -0.15) is 0 Å². The van der Waals surface area contributed by atoms with Gasteiger partial charge in [0, 0.05) is 25.6 Å². The van der Waals surface area contributed by atoms with Crippen molar-refractivity contribution in [3.63, 3.8) is 0 Å². The Balaban J connectivity index is 1.88. The fraction of sp³-hybridized carbons (Fsp3) is 0.474. The van der Waals surface area contributed by atoms with Crippen molar-refractivity contribution in [3.8, 4) is 11.3 Å². The average Bonchev–Trinajstić information content (AvgIpc) is 3.28. The second-order valence-corrected chi connectivity index (χ2v) is 7.15. The zero-order valence-electron chi connectivity index (χ0n) is 15.7. The highest BCUT2D eigenvalue weighted by Crippen LogP contribution is 2.27. The molecule has 2 N–H and O–H groups in total. The summed E-state index contributed by atoms with van der Waals surface area (Å²) < 4.78 is 1.56. The summed E-state index contributed by atoms with van der Waals surface area (Å²) in [6, 6.07) is 8.34. The van der Waals surface area contributed by atoms with E-state index in [1.54, 1.807) is 10.9 Å². The Hall–Kier alpha value is -2.74. The summed E-state index contributed by atoms with van der Waals surface area (Å²) in [6.45, 7) is 3.99. The average molecular weight is 371 g/mol. The van der Waals surface area contributed by atoms with Crippen molar-refractivity contribution in [1.82, 2.24) is 25.2 Å². The van der Waals surface area contributed by atoms with Crippen LogP contribution in [0.5, 0.6) is 0 Å². The predicted octanol–water partition coefficient (Wildman–Crippen LogP) is 0.850. The normalized spacial score (nSPS) is 20.7. The maximum absolute atomic E-state index is 13.3. The van der Waals surface area contributed by atoms with Crippen molar-refractivity contribution in [2.45, 2.75) is 38.5 Å². The largest absolute Gasteiger partial charge is 0.391 e. The number of hydrogen-bond donors (Lipinski definition) is 2. The standard InChI is InChI=1S/C19H25N5O3/c1-12(2)17(19(27)23-10-14(25)9-16(23)18(26)20-3)24-11-15(21-22-24)13-7-5-4-6-8-13/h4-8,11-12,14,16-17,25H,9-10H2,1-3H3,(H,20,26)/t14-,16+,17+/m1/s1. The minimum Gasteiger partial charge on any atom is -0.391 e. The van der Waals surface area contributed by atoms with Gasteiger partial charge in [-0.05, 0) is 5.92 Å². The highest BCUT2D eigenvalue weighted by molar-refractivity contribution is 5.90. The fourth-order valence-corrected chi connectivity index (χ4v) is 3.50. The van der Waals surface area contributed by atoms with Gasteiger partial charge < -0.3 is 15.3 Å². The maximum atomic E-state index is 13.3. The van der Waals surface area contributed by atoms with Crippen molar-refractivity contribution in [1.29, 1.82) is 0 Å². The van der Waals surface area contributed by atoms with E-state index in [2.05, 4.69) is 15.6 Å². The van der Waals surface area contributed by atoms with Crippen LogP contribution >= 0.6 is 0 Å². The number of likely N-dealkylation sites (tertiary alicyclic amines) is 1. The molecule has 1 saturated heterocycles. The Morgan fingerprint density at radius 3 is 2.59 bits per heavy atom. The number of hydrogen-bond acceptors (Lipinski definition) is 5. The molecule has 2 aromatic rings. The molecule has 1 aliphatic heterocycles. The quantitative estimate of drug-likeness (QED) is 0.812. The van der Waals surface area contributed by atoms with Gasteiger partial charge in [-0.1, -0.05) is 49.4 Å². The van der Waals surface area contributed by atoms with Gasteiger partial charge in [-0.3, -0.25) is 9.59 Å². The first kappa shape index (κ1) is 19.0. The molecule has 3 atom stereocenters. The molecule has 0 saturated carbocycles. The van der Waals surface area contributed by atoms with Gasteiger partial charge in [-0.25, -0.2) is 4.68 Å². The number of nitrogens with zero attached hydrogens (tertiary/aromatic N) is 4. The van der Waals surface area contributed by atoms with E-state index in [1.807, 2.05) is 44.2 Å². The van der Waals surface area contributed by atoms with E-state index >= 15 is 0 Å². The first-order valence-corrected chi connectivity index (χ1v) is 9.09. The number of aromatic nitrogens is 3. The Labute approximate surface area is 158 Å². The third-order valence-corrected chi connectivity index (χ3v) is 4.86. The van der Waals surface area contributed by atoms with Crippen molar-refractivity contribution in [3.05, 3.63) is 36.5 Å². The molecule has 144 valence electrons. The second-order valence-electron chi connectivity index (χ2n) is 7.15. The lowest BCUT2D eigenvalue weighted by Gasteiger charge is -2.29. The Kier molecular flexibility index (Phi) is 5.55. The monoisotopic (exact) mass is 371 g/mol. The van der Waals surface area contributed by atoms with E-state index in [1.165, 1.54) is 11.9 Å². The van der Waals surface area contributed by atoms with Gasteiger partial charge >= 0.3 is 0 Å². The number of carbonyl (C=O) groups is 2. The lowest BCUT2D eigenvalue weighted by atomic mass is 10.0. The van der Waals surface area contributed by atoms with E-state index in [4.69, 9.17) is 0 Å². The lowest BCUT2D eigenvalue weighted by Crippen LogP contribution is -2.48. The molecular formula is C19H25N5O3. The van der Waals surface area contributed by atoms with E-state index in [-0.39, 0.29) is 30.7 Å². The van der Waals surface area contributed by atoms with Crippen molar-refractivity contribution >= 4 is 11.8 Å². The van der Waals surface area contributed by atoms with Crippen LogP contribution in [-0.2, 0) is 9.59 Å². The number of rotatable bonds is 5. The van der Waals surface area contributed by atoms with Crippen molar-refractivity contribution in [2.75, 3.05) is 13.6 Å². The van der Waals surface area contributed by atoms with Crippen LogP contribution < -0.4 is 5.32 Å². The molecule has 0 unspecified atom stereocenters. The second kappa shape index (κ2) is 7.87. The van der Waals surface area contributed by atoms with Crippen LogP contribution in [0.3, 0.4) is 0 Å². The molecule has 0 spiro atoms. The number of carbonyl (C=O) groups excluding carboxylic acids is 2. The lowest BCUT2D eigenvalue weighted by molar-refractivity contribution is -0.142. The van der Waals surface area contributed by atoms with Crippen LogP contribution in [0, 0.1) is 5.92 Å². The van der Waals surface area contributed by atoms with Gasteiger partial charge in [0.1, 0.15) is 17.8 Å². The van der Waals surface area contributed by atoms with Gasteiger partial charge in [0.15, 0.2) is 0 Å². The summed E-state index contributed by atoms with van der Waals surface area (Å²) in [6.07, 6.45) is 1.28. The highest BCUT2D eigenvalue weighted by Gasteiger charge is 2.42. The van der Waals surface area contributed by atoms with Crippen LogP contribution in [-0.4, -0.2) is 62.6 Å². The molecule has 2 amide bonds. The Morgan fingerprint density at radius 1 is 1.26 bits per heavy atom. The third-order valence-electron chi connectivity index (χ3n) is 4.86. The summed E-state index contributed by atoms with van der Waals surface area (Å²) >= 11 is 0. The number of likely N-dealkylation sites (N-methyl/N-ethyl adjacent to an activating group) is 1. The molecule has 0 aliphatic carbocycles. The van der Waals surface area contributed by atoms with Crippen LogP contribution in [0.1, 0.15) is 26.3 Å². The van der Waals surface area contributed by atoms with Crippen LogP contribution in [0.15, 0.2) is 36.5 Å². The van der Waals surface area contributed by atoms with Gasteiger partial charge in [0.05, 0.1) is 12.3 Å². The molecule has 8 heteroatoms. The Bertz CT molecular complexity index is 805. The Morgan fingerprint density at radius 2 is 1.96 bits per heavy atom. The van der Waals surface area contributed by atoms with Crippen molar-refractivity contribution in [2.24, 2.45) is 5.92 Å². The van der Waals surface area contributed by atoms with Gasteiger partial charge in [0.25, 0.3) is 0 Å². The molecule has 1 aromatic carbocycles. The summed E-state index contributed by atoms with van der Waals surface area (Å²) in [7, 11) is 1.53. The molecule has 0 radical (unpaired) electrons. The summed E-state index contributed by atoms with van der Waals surface area (Å²) in [5.74, 6) is -0.573. The molecular weight excluding hydrogens is 346 g/mol. The number of aliphatic hydroxyl groups excluding tert-OH is 1. The smallest absolute Gasteiger partial charge is 0.248 e. The van der Waals surface area contributed by atoms with Crippen molar-refractivity contribution < 1.29 is 14.7 Å². The summed E-state index contributed by atoms with van der Waals surface area (Å²) in [5.41, 5.74) is 1.59. The van der Waals surface area contributed by atoms with Crippen LogP contribution in [0.2, 0.25) is 0 Å². The van der Waals surface area contributed by atoms with E-state index in [9.17, 15) is 14.7 Å². The third kappa shape index (κ3) is 3.85. The highest BCUT2D eigenvalue weighted by atomic mass is 16.3. The maximum Gasteiger partial charge on any atom is 0.248 e. The number of nitrogens with one attached hydrogen (secondary N) is 1. The molecule has 2 heterocycles. The fourth-order valence-electron chi connectivity index (χ4n) is 3.50. The zero-order valence-corrected chi connectivity index (χ0v) is 15.7. The minimum atomic E-state index is -0.709. The minimum absolute atomic E-state index is 0.0640. The SMILES string of the molecule is CNC(=O)[C@@H]1C[C@@H](O)CN1C(=O)[C@H](C(C)C)n1cc(-c2ccccc2)nn1. The number of amides is 2. The molecule has 1 aliphatic rings. The predicted molar refractivity (Wildman–Crippen MR) is 99.5 cm³/mol. The van der Waals surface area contributed by atoms with Crippen LogP contribution in [0.25, 0.3) is 11.3 Å². The number of benzene rings is 1. The molecule has 1 aromatic heterocycles. The van der Waals surface area contributed by atoms with Gasteiger partial charge in [-0.15, -0.1) is 5.10 Å². The molecule has 1 fully saturated rings. The summed E-state index contributed by atoms with van der Waals surface area (Å²) in [4.78, 5) is 26.9. The first-order valence-electron chi connectivity index (χ1n) is 9.09. The molecule has 0 bridgehead atoms. The van der Waals surface area contributed by atoms with E-state index < -0.39 is 18.2 Å². The van der Waals surface area contributed by atoms with Crippen LogP contribution in [0.4, 0.5) is 0 Å². The number of β-amino-alcohol motifs (C(OH)–C–C–N with tert-alkyl or cyclic N) is 1. The van der Waals surface area contributed by atoms with E-state index in [0.717, 1.165) is 5.56 Å². The zero-order chi connectivity index (χ0) is 19.6. The first-order chi connectivity index (χ1) is 12.9. The molecule has 8 nitrogen and oxygen atoms in total. The molecule has 3 rings (SSSR count). The van der Waals surface area contributed by atoms with Gasteiger partial charge in [0.2, 0.25) is 11.8 Å². The summed E-state index contributed by atoms with van der Waals surface area (Å²) in [5, 5.41) is 20.9. The topological polar surface area (TPSA) is 100 Å².